The van der Waals surface area contributed by atoms with Crippen LogP contribution in [0, 0.1) is 5.92 Å². The van der Waals surface area contributed by atoms with Gasteiger partial charge in [-0.2, -0.15) is 5.90 Å². The van der Waals surface area contributed by atoms with Crippen LogP contribution >= 0.6 is 0 Å². The Labute approximate surface area is 200 Å². The van der Waals surface area contributed by atoms with Gasteiger partial charge < -0.3 is 19.8 Å². The molecule has 1 heterocycles. The van der Waals surface area contributed by atoms with E-state index >= 15 is 0 Å². The monoisotopic (exact) mass is 467 g/mol. The van der Waals surface area contributed by atoms with Gasteiger partial charge in [0.05, 0.1) is 19.3 Å². The van der Waals surface area contributed by atoms with Crippen molar-refractivity contribution in [3.63, 3.8) is 0 Å². The van der Waals surface area contributed by atoms with E-state index in [0.717, 1.165) is 11.1 Å². The predicted octanol–water partition coefficient (Wildman–Crippen LogP) is 2.65. The Bertz CT molecular complexity index is 917. The lowest BCUT2D eigenvalue weighted by Crippen LogP contribution is -2.53. The number of amides is 2. The zero-order chi connectivity index (χ0) is 24.2. The molecule has 0 radical (unpaired) electrons. The molecule has 2 unspecified atom stereocenters. The Hall–Kier alpha value is -3.23. The largest absolute Gasteiger partial charge is 0.378 e. The van der Waals surface area contributed by atoms with Gasteiger partial charge in [0.15, 0.2) is 5.78 Å². The van der Waals surface area contributed by atoms with Crippen LogP contribution in [-0.4, -0.2) is 55.0 Å². The number of rotatable bonds is 11. The Kier molecular flexibility index (Phi) is 10.1. The van der Waals surface area contributed by atoms with Gasteiger partial charge in [0.1, 0.15) is 0 Å². The van der Waals surface area contributed by atoms with Crippen LogP contribution in [0.15, 0.2) is 60.7 Å². The molecule has 3 rings (SSSR count). The van der Waals surface area contributed by atoms with Crippen LogP contribution in [-0.2, 0) is 32.0 Å². The average Bonchev–Trinajstić information content (AvgIpc) is 2.89. The van der Waals surface area contributed by atoms with Crippen LogP contribution in [0.4, 0.5) is 4.79 Å². The van der Waals surface area contributed by atoms with E-state index in [1.165, 1.54) is 0 Å². The summed E-state index contributed by atoms with van der Waals surface area (Å²) in [6.07, 6.45) is 1.96. The molecule has 1 aliphatic heterocycles. The van der Waals surface area contributed by atoms with Crippen molar-refractivity contribution in [2.24, 2.45) is 11.8 Å². The minimum atomic E-state index is -0.715. The molecule has 3 N–H and O–H groups in total. The topological polar surface area (TPSA) is 111 Å². The van der Waals surface area contributed by atoms with Gasteiger partial charge in [-0.05, 0) is 36.8 Å². The summed E-state index contributed by atoms with van der Waals surface area (Å²) in [5.41, 5.74) is 2.06. The first-order chi connectivity index (χ1) is 16.6. The molecule has 0 aliphatic carbocycles. The fourth-order valence-corrected chi connectivity index (χ4v) is 4.13. The van der Waals surface area contributed by atoms with Gasteiger partial charge >= 0.3 is 12.0 Å². The maximum atomic E-state index is 13.7. The van der Waals surface area contributed by atoms with Crippen molar-refractivity contribution >= 4 is 17.8 Å². The number of ether oxygens (including phenoxy) is 1. The molecule has 2 aromatic carbocycles. The van der Waals surface area contributed by atoms with Crippen molar-refractivity contribution in [2.45, 2.75) is 38.1 Å². The first kappa shape index (κ1) is 25.4. The summed E-state index contributed by atoms with van der Waals surface area (Å²) in [6.45, 7) is 1.92. The van der Waals surface area contributed by atoms with E-state index in [-0.39, 0.29) is 18.2 Å². The van der Waals surface area contributed by atoms with Gasteiger partial charge in [0.2, 0.25) is 0 Å². The maximum Gasteiger partial charge on any atom is 0.324 e. The molecular formula is C26H33N3O5. The summed E-state index contributed by atoms with van der Waals surface area (Å²) in [4.78, 5) is 44.4. The summed E-state index contributed by atoms with van der Waals surface area (Å²) < 4.78 is 5.33. The van der Waals surface area contributed by atoms with E-state index in [1.807, 2.05) is 60.7 Å². The van der Waals surface area contributed by atoms with Gasteiger partial charge in [-0.15, -0.1) is 0 Å². The third kappa shape index (κ3) is 7.97. The maximum absolute atomic E-state index is 13.7. The van der Waals surface area contributed by atoms with Gasteiger partial charge in [0, 0.05) is 25.4 Å². The van der Waals surface area contributed by atoms with Crippen LogP contribution in [0.5, 0.6) is 0 Å². The van der Waals surface area contributed by atoms with Crippen LogP contribution in [0.3, 0.4) is 0 Å². The summed E-state index contributed by atoms with van der Waals surface area (Å²) >= 11 is 0. The van der Waals surface area contributed by atoms with E-state index in [2.05, 4.69) is 10.2 Å². The van der Waals surface area contributed by atoms with Crippen molar-refractivity contribution in [1.82, 2.24) is 10.2 Å². The number of urea groups is 1. The van der Waals surface area contributed by atoms with Crippen molar-refractivity contribution in [2.75, 3.05) is 26.3 Å². The highest BCUT2D eigenvalue weighted by atomic mass is 16.7. The summed E-state index contributed by atoms with van der Waals surface area (Å²) in [5, 5.41) is 2.96. The highest BCUT2D eigenvalue weighted by Gasteiger charge is 2.30. The van der Waals surface area contributed by atoms with Crippen molar-refractivity contribution in [3.05, 3.63) is 71.8 Å². The Morgan fingerprint density at radius 2 is 1.56 bits per heavy atom. The first-order valence-electron chi connectivity index (χ1n) is 11.7. The predicted molar refractivity (Wildman–Crippen MR) is 128 cm³/mol. The van der Waals surface area contributed by atoms with Crippen molar-refractivity contribution in [3.8, 4) is 0 Å². The molecular weight excluding hydrogens is 434 g/mol. The number of nitrogens with two attached hydrogens (primary N) is 1. The number of carbonyl (C=O) groups is 3. The minimum Gasteiger partial charge on any atom is -0.378 e. The second-order valence-corrected chi connectivity index (χ2v) is 8.44. The molecule has 8 nitrogen and oxygen atoms in total. The summed E-state index contributed by atoms with van der Waals surface area (Å²) in [7, 11) is 0. The number of nitrogens with zero attached hydrogens (tertiary/aromatic N) is 1. The van der Waals surface area contributed by atoms with Crippen LogP contribution in [0.25, 0.3) is 0 Å². The molecule has 2 atom stereocenters. The number of ketones is 1. The number of Topliss-reactive ketones (excluding diaryl/α,β-unsaturated/α-hetero) is 1. The Balaban J connectivity index is 1.76. The first-order valence-corrected chi connectivity index (χ1v) is 11.7. The number of carbonyl (C=O) groups excluding carboxylic acids is 3. The van der Waals surface area contributed by atoms with Crippen LogP contribution in [0.2, 0.25) is 0 Å². The molecule has 2 aromatic rings. The van der Waals surface area contributed by atoms with Crippen molar-refractivity contribution in [1.29, 1.82) is 0 Å². The molecule has 0 bridgehead atoms. The van der Waals surface area contributed by atoms with Crippen molar-refractivity contribution < 1.29 is 24.0 Å². The molecule has 34 heavy (non-hydrogen) atoms. The van der Waals surface area contributed by atoms with Gasteiger partial charge in [0.25, 0.3) is 0 Å². The number of benzene rings is 2. The third-order valence-electron chi connectivity index (χ3n) is 6.08. The lowest BCUT2D eigenvalue weighted by molar-refractivity contribution is -0.144. The minimum absolute atomic E-state index is 0.0389. The van der Waals surface area contributed by atoms with E-state index in [9.17, 15) is 14.4 Å². The highest BCUT2D eigenvalue weighted by molar-refractivity contribution is 5.90. The normalized spacial score (nSPS) is 15.3. The smallest absolute Gasteiger partial charge is 0.324 e. The van der Waals surface area contributed by atoms with E-state index in [4.69, 9.17) is 10.6 Å². The molecule has 1 aliphatic rings. The highest BCUT2D eigenvalue weighted by Crippen LogP contribution is 2.20. The second-order valence-electron chi connectivity index (χ2n) is 8.44. The fourth-order valence-electron chi connectivity index (χ4n) is 4.13. The van der Waals surface area contributed by atoms with Crippen LogP contribution in [0.1, 0.15) is 30.4 Å². The lowest BCUT2D eigenvalue weighted by Gasteiger charge is -2.30. The fraction of sp³-hybridized carbons (Fsp3) is 0.423. The zero-order valence-electron chi connectivity index (χ0n) is 19.4. The van der Waals surface area contributed by atoms with Crippen LogP contribution < -0.4 is 11.2 Å². The SMILES string of the molecule is NOC(=O)CCC(CCc1ccccc1)C(=O)C(Cc1ccccc1)NC(=O)N1CCOCC1. The van der Waals surface area contributed by atoms with E-state index in [1.54, 1.807) is 4.90 Å². The van der Waals surface area contributed by atoms with E-state index < -0.39 is 17.9 Å². The molecule has 0 spiro atoms. The molecule has 1 fully saturated rings. The molecule has 8 heteroatoms. The number of aryl methyl sites for hydroxylation is 1. The average molecular weight is 468 g/mol. The standard InChI is InChI=1S/C26H33N3O5/c27-34-24(30)14-13-22(12-11-20-7-3-1-4-8-20)25(31)23(19-21-9-5-2-6-10-21)28-26(32)29-15-17-33-18-16-29/h1-10,22-23H,11-19,27H2,(H,28,32). The zero-order valence-corrected chi connectivity index (χ0v) is 19.4. The molecule has 182 valence electrons. The number of hydrogen-bond donors (Lipinski definition) is 2. The number of hydrogen-bond acceptors (Lipinski definition) is 6. The molecule has 0 aromatic heterocycles. The third-order valence-corrected chi connectivity index (χ3v) is 6.08. The Morgan fingerprint density at radius 3 is 2.18 bits per heavy atom. The summed E-state index contributed by atoms with van der Waals surface area (Å²) in [5.74, 6) is 3.92. The van der Waals surface area contributed by atoms with Gasteiger partial charge in [-0.1, -0.05) is 60.7 Å². The second kappa shape index (κ2) is 13.5. The molecule has 1 saturated heterocycles. The lowest BCUT2D eigenvalue weighted by atomic mass is 9.86. The van der Waals surface area contributed by atoms with Gasteiger partial charge in [-0.25, -0.2) is 4.79 Å². The number of nitrogens with one attached hydrogen (secondary N) is 1. The molecule has 2 amide bonds. The van der Waals surface area contributed by atoms with E-state index in [0.29, 0.717) is 52.0 Å². The Morgan fingerprint density at radius 1 is 0.941 bits per heavy atom. The van der Waals surface area contributed by atoms with Gasteiger partial charge in [-0.3, -0.25) is 9.59 Å². The quantitative estimate of drug-likeness (QED) is 0.492. The number of morpholine rings is 1. The molecule has 0 saturated carbocycles. The summed E-state index contributed by atoms with van der Waals surface area (Å²) in [6, 6.07) is 18.5.